The van der Waals surface area contributed by atoms with E-state index in [4.69, 9.17) is 0 Å². The SMILES string of the molecule is FC(F)(F)Cc1ccc(CCc2nc3cc(Br)ccc3[nH]2)cc1. The highest BCUT2D eigenvalue weighted by molar-refractivity contribution is 9.10. The number of fused-ring (bicyclic) bond motifs is 1. The molecule has 0 amide bonds. The van der Waals surface area contributed by atoms with Crippen LogP contribution in [0.1, 0.15) is 17.0 Å². The number of aromatic nitrogens is 2. The first-order valence-electron chi connectivity index (χ1n) is 7.18. The van der Waals surface area contributed by atoms with Gasteiger partial charge in [0, 0.05) is 10.9 Å². The third-order valence-corrected chi connectivity index (χ3v) is 4.07. The van der Waals surface area contributed by atoms with Crippen LogP contribution in [0.4, 0.5) is 13.2 Å². The number of hydrogen-bond donors (Lipinski definition) is 1. The van der Waals surface area contributed by atoms with Crippen molar-refractivity contribution in [1.82, 2.24) is 9.97 Å². The van der Waals surface area contributed by atoms with Crippen molar-refractivity contribution in [2.75, 3.05) is 0 Å². The fourth-order valence-electron chi connectivity index (χ4n) is 2.47. The third kappa shape index (κ3) is 4.34. The number of imidazole rings is 1. The van der Waals surface area contributed by atoms with Crippen LogP contribution in [0.2, 0.25) is 0 Å². The predicted octanol–water partition coefficient (Wildman–Crippen LogP) is 5.22. The van der Waals surface area contributed by atoms with Gasteiger partial charge in [-0.05, 0) is 35.7 Å². The Morgan fingerprint density at radius 3 is 2.35 bits per heavy atom. The Labute approximate surface area is 139 Å². The molecule has 0 unspecified atom stereocenters. The highest BCUT2D eigenvalue weighted by atomic mass is 79.9. The van der Waals surface area contributed by atoms with Crippen LogP contribution in [0.25, 0.3) is 11.0 Å². The molecule has 0 saturated heterocycles. The van der Waals surface area contributed by atoms with Crippen molar-refractivity contribution in [1.29, 1.82) is 0 Å². The average Bonchev–Trinajstić information content (AvgIpc) is 2.87. The number of nitrogens with one attached hydrogen (secondary N) is 1. The number of alkyl halides is 3. The highest BCUT2D eigenvalue weighted by Crippen LogP contribution is 2.22. The van der Waals surface area contributed by atoms with Gasteiger partial charge in [-0.3, -0.25) is 0 Å². The largest absolute Gasteiger partial charge is 0.393 e. The smallest absolute Gasteiger partial charge is 0.342 e. The van der Waals surface area contributed by atoms with E-state index in [1.54, 1.807) is 24.3 Å². The van der Waals surface area contributed by atoms with Gasteiger partial charge in [-0.1, -0.05) is 40.2 Å². The fraction of sp³-hybridized carbons (Fsp3) is 0.235. The van der Waals surface area contributed by atoms with E-state index in [0.29, 0.717) is 6.42 Å². The molecule has 1 aromatic heterocycles. The lowest BCUT2D eigenvalue weighted by Gasteiger charge is -2.07. The molecule has 0 radical (unpaired) electrons. The Kier molecular flexibility index (Phi) is 4.43. The Balaban J connectivity index is 1.65. The second-order valence-corrected chi connectivity index (χ2v) is 6.37. The molecule has 0 aliphatic carbocycles. The summed E-state index contributed by atoms with van der Waals surface area (Å²) in [4.78, 5) is 7.78. The molecule has 2 nitrogen and oxygen atoms in total. The minimum absolute atomic E-state index is 0.287. The molecule has 0 aliphatic rings. The van der Waals surface area contributed by atoms with Gasteiger partial charge < -0.3 is 4.98 Å². The van der Waals surface area contributed by atoms with E-state index in [1.165, 1.54) is 0 Å². The van der Waals surface area contributed by atoms with E-state index in [1.807, 2.05) is 18.2 Å². The first-order chi connectivity index (χ1) is 10.9. The van der Waals surface area contributed by atoms with Crippen molar-refractivity contribution in [2.24, 2.45) is 0 Å². The third-order valence-electron chi connectivity index (χ3n) is 3.57. The summed E-state index contributed by atoms with van der Waals surface area (Å²) in [7, 11) is 0. The van der Waals surface area contributed by atoms with E-state index < -0.39 is 12.6 Å². The summed E-state index contributed by atoms with van der Waals surface area (Å²) in [6, 6.07) is 12.4. The molecular weight excluding hydrogens is 369 g/mol. The quantitative estimate of drug-likeness (QED) is 0.658. The molecular formula is C17H14BrF3N2. The molecule has 0 spiro atoms. The first-order valence-corrected chi connectivity index (χ1v) is 7.97. The van der Waals surface area contributed by atoms with Gasteiger partial charge in [0.25, 0.3) is 0 Å². The maximum absolute atomic E-state index is 12.3. The van der Waals surface area contributed by atoms with Gasteiger partial charge >= 0.3 is 6.18 Å². The molecule has 1 heterocycles. The number of H-pyrrole nitrogens is 1. The zero-order valence-electron chi connectivity index (χ0n) is 12.1. The Hall–Kier alpha value is -1.82. The number of hydrogen-bond acceptors (Lipinski definition) is 1. The molecule has 0 aliphatic heterocycles. The van der Waals surface area contributed by atoms with E-state index in [9.17, 15) is 13.2 Å². The van der Waals surface area contributed by atoms with Crippen LogP contribution < -0.4 is 0 Å². The normalized spacial score (nSPS) is 12.0. The number of benzene rings is 2. The van der Waals surface area contributed by atoms with Gasteiger partial charge in [-0.25, -0.2) is 4.98 Å². The van der Waals surface area contributed by atoms with Gasteiger partial charge in [0.05, 0.1) is 17.5 Å². The van der Waals surface area contributed by atoms with Crippen molar-refractivity contribution < 1.29 is 13.2 Å². The minimum Gasteiger partial charge on any atom is -0.342 e. The lowest BCUT2D eigenvalue weighted by Crippen LogP contribution is -2.11. The maximum atomic E-state index is 12.3. The standard InChI is InChI=1S/C17H14BrF3N2/c18-13-6-7-14-15(9-13)23-16(22-14)8-5-11-1-3-12(4-2-11)10-17(19,20)21/h1-4,6-7,9H,5,8,10H2,(H,22,23). The number of aromatic amines is 1. The maximum Gasteiger partial charge on any atom is 0.393 e. The Morgan fingerprint density at radius 2 is 1.65 bits per heavy atom. The molecule has 23 heavy (non-hydrogen) atoms. The van der Waals surface area contributed by atoms with Gasteiger partial charge in [0.1, 0.15) is 5.82 Å². The number of halogens is 4. The summed E-state index contributed by atoms with van der Waals surface area (Å²) in [5.74, 6) is 0.873. The van der Waals surface area contributed by atoms with Crippen LogP contribution in [0.3, 0.4) is 0 Å². The van der Waals surface area contributed by atoms with Gasteiger partial charge in [-0.2, -0.15) is 13.2 Å². The second-order valence-electron chi connectivity index (χ2n) is 5.45. The zero-order valence-corrected chi connectivity index (χ0v) is 13.7. The lowest BCUT2D eigenvalue weighted by atomic mass is 10.1. The van der Waals surface area contributed by atoms with Crippen LogP contribution >= 0.6 is 15.9 Å². The summed E-state index contributed by atoms with van der Waals surface area (Å²) in [6.45, 7) is 0. The Bertz CT molecular complexity index is 807. The summed E-state index contributed by atoms with van der Waals surface area (Å²) in [6.07, 6.45) is -3.60. The van der Waals surface area contributed by atoms with Crippen molar-refractivity contribution in [3.63, 3.8) is 0 Å². The van der Waals surface area contributed by atoms with E-state index >= 15 is 0 Å². The fourth-order valence-corrected chi connectivity index (χ4v) is 2.82. The molecule has 3 rings (SSSR count). The van der Waals surface area contributed by atoms with Gasteiger partial charge in [0.2, 0.25) is 0 Å². The van der Waals surface area contributed by atoms with Crippen molar-refractivity contribution in [2.45, 2.75) is 25.4 Å². The van der Waals surface area contributed by atoms with Crippen LogP contribution in [-0.2, 0) is 19.3 Å². The molecule has 0 saturated carbocycles. The zero-order chi connectivity index (χ0) is 16.4. The van der Waals surface area contributed by atoms with Crippen LogP contribution in [0.15, 0.2) is 46.9 Å². The molecule has 0 fully saturated rings. The van der Waals surface area contributed by atoms with E-state index in [-0.39, 0.29) is 5.56 Å². The lowest BCUT2D eigenvalue weighted by molar-refractivity contribution is -0.127. The monoisotopic (exact) mass is 382 g/mol. The predicted molar refractivity (Wildman–Crippen MR) is 87.4 cm³/mol. The molecule has 2 aromatic carbocycles. The number of nitrogens with zero attached hydrogens (tertiary/aromatic N) is 1. The summed E-state index contributed by atoms with van der Waals surface area (Å²) >= 11 is 3.41. The van der Waals surface area contributed by atoms with Crippen molar-refractivity contribution >= 4 is 27.0 Å². The molecule has 1 N–H and O–H groups in total. The summed E-state index contributed by atoms with van der Waals surface area (Å²) < 4.78 is 38.0. The highest BCUT2D eigenvalue weighted by Gasteiger charge is 2.27. The number of aryl methyl sites for hydroxylation is 2. The molecule has 120 valence electrons. The van der Waals surface area contributed by atoms with Gasteiger partial charge in [0.15, 0.2) is 0 Å². The molecule has 0 bridgehead atoms. The first kappa shape index (κ1) is 16.1. The minimum atomic E-state index is -4.16. The van der Waals surface area contributed by atoms with E-state index in [2.05, 4.69) is 25.9 Å². The van der Waals surface area contributed by atoms with E-state index in [0.717, 1.165) is 33.3 Å². The summed E-state index contributed by atoms with van der Waals surface area (Å²) in [5.41, 5.74) is 3.16. The molecule has 0 atom stereocenters. The van der Waals surface area contributed by atoms with Crippen LogP contribution in [0, 0.1) is 0 Å². The summed E-state index contributed by atoms with van der Waals surface area (Å²) in [5, 5.41) is 0. The Morgan fingerprint density at radius 1 is 0.957 bits per heavy atom. The van der Waals surface area contributed by atoms with Crippen molar-refractivity contribution in [3.8, 4) is 0 Å². The second kappa shape index (κ2) is 6.35. The van der Waals surface area contributed by atoms with Crippen LogP contribution in [0.5, 0.6) is 0 Å². The average molecular weight is 383 g/mol. The van der Waals surface area contributed by atoms with Crippen LogP contribution in [-0.4, -0.2) is 16.1 Å². The van der Waals surface area contributed by atoms with Crippen molar-refractivity contribution in [3.05, 3.63) is 63.9 Å². The number of rotatable bonds is 4. The molecule has 3 aromatic rings. The molecule has 6 heteroatoms. The van der Waals surface area contributed by atoms with Gasteiger partial charge in [-0.15, -0.1) is 0 Å². The topological polar surface area (TPSA) is 28.7 Å².